The molecule has 2 rings (SSSR count). The first-order valence-corrected chi connectivity index (χ1v) is 7.08. The molecule has 2 aromatic rings. The minimum atomic E-state index is -3.39. The van der Waals surface area contributed by atoms with E-state index in [9.17, 15) is 8.42 Å². The van der Waals surface area contributed by atoms with E-state index in [2.05, 4.69) is 4.98 Å². The normalized spacial score (nSPS) is 11.5. The summed E-state index contributed by atoms with van der Waals surface area (Å²) in [6, 6.07) is 6.45. The van der Waals surface area contributed by atoms with Crippen molar-refractivity contribution >= 4 is 26.9 Å². The summed E-state index contributed by atoms with van der Waals surface area (Å²) in [7, 11) is -3.39. The van der Waals surface area contributed by atoms with Crippen molar-refractivity contribution in [3.05, 3.63) is 40.8 Å². The molecule has 0 radical (unpaired) electrons. The molecule has 1 aromatic heterocycles. The average Bonchev–Trinajstić information content (AvgIpc) is 2.70. The number of anilines is 1. The topological polar surface area (TPSA) is 73.1 Å². The van der Waals surface area contributed by atoms with Crippen LogP contribution < -0.4 is 5.73 Å². The fourth-order valence-corrected chi connectivity index (χ4v) is 3.73. The molecule has 0 saturated carbocycles. The van der Waals surface area contributed by atoms with Gasteiger partial charge in [-0.2, -0.15) is 0 Å². The van der Waals surface area contributed by atoms with Crippen LogP contribution in [0, 0.1) is 0 Å². The lowest BCUT2D eigenvalue weighted by Gasteiger charge is -2.05. The standard InChI is InChI=1S/C10H10N2O2S2/c11-8-3-1-2-4-9(8)16(13,14)7-10-12-5-6-15-10/h1-6H,7,11H2. The number of nitrogens with two attached hydrogens (primary N) is 1. The van der Waals surface area contributed by atoms with Crippen LogP contribution in [0.1, 0.15) is 5.01 Å². The molecule has 0 bridgehead atoms. The monoisotopic (exact) mass is 254 g/mol. The van der Waals surface area contributed by atoms with Crippen molar-refractivity contribution in [2.24, 2.45) is 0 Å². The van der Waals surface area contributed by atoms with Gasteiger partial charge in [-0.15, -0.1) is 11.3 Å². The summed E-state index contributed by atoms with van der Waals surface area (Å²) in [6.45, 7) is 0. The molecule has 0 fully saturated rings. The van der Waals surface area contributed by atoms with E-state index in [1.54, 1.807) is 29.8 Å². The third-order valence-corrected chi connectivity index (χ3v) is 4.71. The Hall–Kier alpha value is -1.40. The second-order valence-corrected chi connectivity index (χ2v) is 6.16. The van der Waals surface area contributed by atoms with Gasteiger partial charge in [0.05, 0.1) is 10.6 Å². The molecule has 0 saturated heterocycles. The minimum Gasteiger partial charge on any atom is -0.398 e. The van der Waals surface area contributed by atoms with Gasteiger partial charge < -0.3 is 5.73 Å². The summed E-state index contributed by atoms with van der Waals surface area (Å²) >= 11 is 1.32. The number of aromatic nitrogens is 1. The van der Waals surface area contributed by atoms with E-state index in [0.29, 0.717) is 5.01 Å². The molecule has 84 valence electrons. The Morgan fingerprint density at radius 3 is 2.69 bits per heavy atom. The van der Waals surface area contributed by atoms with Gasteiger partial charge in [0.1, 0.15) is 10.8 Å². The van der Waals surface area contributed by atoms with E-state index in [1.165, 1.54) is 17.4 Å². The molecular formula is C10H10N2O2S2. The van der Waals surface area contributed by atoms with Crippen LogP contribution in [0.5, 0.6) is 0 Å². The zero-order valence-corrected chi connectivity index (χ0v) is 9.96. The molecule has 1 aromatic carbocycles. The van der Waals surface area contributed by atoms with Gasteiger partial charge in [0.25, 0.3) is 0 Å². The van der Waals surface area contributed by atoms with Crippen LogP contribution in [-0.4, -0.2) is 13.4 Å². The Labute approximate surface area is 97.7 Å². The number of hydrogen-bond acceptors (Lipinski definition) is 5. The number of nitrogens with zero attached hydrogens (tertiary/aromatic N) is 1. The van der Waals surface area contributed by atoms with Gasteiger partial charge >= 0.3 is 0 Å². The predicted octanol–water partition coefficient (Wildman–Crippen LogP) is 1.70. The summed E-state index contributed by atoms with van der Waals surface area (Å²) < 4.78 is 24.0. The van der Waals surface area contributed by atoms with Crippen LogP contribution in [0.2, 0.25) is 0 Å². The van der Waals surface area contributed by atoms with Crippen LogP contribution in [0.3, 0.4) is 0 Å². The quantitative estimate of drug-likeness (QED) is 0.846. The number of hydrogen-bond donors (Lipinski definition) is 1. The molecule has 1 heterocycles. The average molecular weight is 254 g/mol. The Kier molecular flexibility index (Phi) is 2.93. The van der Waals surface area contributed by atoms with Crippen LogP contribution >= 0.6 is 11.3 Å². The van der Waals surface area contributed by atoms with Gasteiger partial charge in [-0.25, -0.2) is 13.4 Å². The molecule has 0 atom stereocenters. The van der Waals surface area contributed by atoms with Crippen LogP contribution in [0.4, 0.5) is 5.69 Å². The maximum Gasteiger partial charge on any atom is 0.186 e. The van der Waals surface area contributed by atoms with Gasteiger partial charge in [-0.05, 0) is 12.1 Å². The number of nitrogen functional groups attached to an aromatic ring is 1. The summed E-state index contributed by atoms with van der Waals surface area (Å²) in [5.74, 6) is -0.0983. The molecule has 6 heteroatoms. The largest absolute Gasteiger partial charge is 0.398 e. The van der Waals surface area contributed by atoms with E-state index < -0.39 is 9.84 Å². The number of para-hydroxylation sites is 1. The Balaban J connectivity index is 2.37. The fourth-order valence-electron chi connectivity index (χ4n) is 1.33. The molecule has 2 N–H and O–H groups in total. The van der Waals surface area contributed by atoms with Crippen molar-refractivity contribution in [3.8, 4) is 0 Å². The Morgan fingerprint density at radius 2 is 2.06 bits per heavy atom. The zero-order valence-electron chi connectivity index (χ0n) is 8.33. The van der Waals surface area contributed by atoms with Crippen molar-refractivity contribution in [1.29, 1.82) is 0 Å². The number of thiazole rings is 1. The van der Waals surface area contributed by atoms with Crippen molar-refractivity contribution in [1.82, 2.24) is 4.98 Å². The molecule has 0 amide bonds. The summed E-state index contributed by atoms with van der Waals surface area (Å²) in [4.78, 5) is 4.13. The fraction of sp³-hybridized carbons (Fsp3) is 0.100. The lowest BCUT2D eigenvalue weighted by Crippen LogP contribution is -2.07. The van der Waals surface area contributed by atoms with Gasteiger partial charge in [-0.3, -0.25) is 0 Å². The van der Waals surface area contributed by atoms with E-state index in [1.807, 2.05) is 0 Å². The van der Waals surface area contributed by atoms with Crippen molar-refractivity contribution in [3.63, 3.8) is 0 Å². The first-order valence-electron chi connectivity index (χ1n) is 4.55. The van der Waals surface area contributed by atoms with Gasteiger partial charge in [0.2, 0.25) is 0 Å². The van der Waals surface area contributed by atoms with E-state index in [-0.39, 0.29) is 16.3 Å². The van der Waals surface area contributed by atoms with E-state index in [4.69, 9.17) is 5.73 Å². The first-order chi connectivity index (χ1) is 7.59. The minimum absolute atomic E-state index is 0.0983. The summed E-state index contributed by atoms with van der Waals surface area (Å²) in [5, 5.41) is 2.32. The van der Waals surface area contributed by atoms with E-state index >= 15 is 0 Å². The highest BCUT2D eigenvalue weighted by atomic mass is 32.2. The molecule has 0 aliphatic heterocycles. The maximum absolute atomic E-state index is 12.0. The Bertz CT molecular complexity index is 577. The van der Waals surface area contributed by atoms with Crippen LogP contribution in [0.25, 0.3) is 0 Å². The highest BCUT2D eigenvalue weighted by molar-refractivity contribution is 7.91. The zero-order chi connectivity index (χ0) is 11.6. The van der Waals surface area contributed by atoms with Gasteiger partial charge in [-0.1, -0.05) is 12.1 Å². The molecule has 0 spiro atoms. The van der Waals surface area contributed by atoms with Crippen LogP contribution in [-0.2, 0) is 15.6 Å². The lowest BCUT2D eigenvalue weighted by molar-refractivity contribution is 0.595. The SMILES string of the molecule is Nc1ccccc1S(=O)(=O)Cc1nccs1. The summed E-state index contributed by atoms with van der Waals surface area (Å²) in [6.07, 6.45) is 1.59. The second kappa shape index (κ2) is 4.23. The number of benzene rings is 1. The third-order valence-electron chi connectivity index (χ3n) is 2.05. The van der Waals surface area contributed by atoms with E-state index in [0.717, 1.165) is 0 Å². The van der Waals surface area contributed by atoms with Gasteiger partial charge in [0, 0.05) is 11.6 Å². The highest BCUT2D eigenvalue weighted by Gasteiger charge is 2.18. The Morgan fingerprint density at radius 1 is 1.31 bits per heavy atom. The third kappa shape index (κ3) is 2.23. The van der Waals surface area contributed by atoms with Crippen molar-refractivity contribution in [2.45, 2.75) is 10.6 Å². The molecule has 4 nitrogen and oxygen atoms in total. The molecular weight excluding hydrogens is 244 g/mol. The lowest BCUT2D eigenvalue weighted by atomic mass is 10.3. The smallest absolute Gasteiger partial charge is 0.186 e. The predicted molar refractivity (Wildman–Crippen MR) is 63.9 cm³/mol. The molecule has 0 aliphatic rings. The van der Waals surface area contributed by atoms with Crippen LogP contribution in [0.15, 0.2) is 40.7 Å². The number of rotatable bonds is 3. The van der Waals surface area contributed by atoms with Gasteiger partial charge in [0.15, 0.2) is 9.84 Å². The molecule has 0 aliphatic carbocycles. The summed E-state index contributed by atoms with van der Waals surface area (Å²) in [5.41, 5.74) is 5.92. The van der Waals surface area contributed by atoms with Crippen molar-refractivity contribution < 1.29 is 8.42 Å². The molecule has 0 unspecified atom stereocenters. The number of sulfone groups is 1. The second-order valence-electron chi connectivity index (χ2n) is 3.22. The van der Waals surface area contributed by atoms with Crippen molar-refractivity contribution in [2.75, 3.05) is 5.73 Å². The first kappa shape index (κ1) is 11.1. The molecule has 16 heavy (non-hydrogen) atoms. The maximum atomic E-state index is 12.0. The highest BCUT2D eigenvalue weighted by Crippen LogP contribution is 2.22.